The lowest BCUT2D eigenvalue weighted by Gasteiger charge is -2.35. The number of nitrogens with zero attached hydrogens (tertiary/aromatic N) is 2. The van der Waals surface area contributed by atoms with Crippen LogP contribution in [0.25, 0.3) is 60.5 Å². The number of ether oxygens (including phenoxy) is 1. The summed E-state index contributed by atoms with van der Waals surface area (Å²) in [6.45, 7) is 4.59. The first-order valence-corrected chi connectivity index (χ1v) is 20.0. The van der Waals surface area contributed by atoms with Gasteiger partial charge in [-0.15, -0.1) is 0 Å². The van der Waals surface area contributed by atoms with E-state index in [9.17, 15) is 0 Å². The van der Waals surface area contributed by atoms with E-state index in [-0.39, 0.29) is 5.41 Å². The van der Waals surface area contributed by atoms with Crippen molar-refractivity contribution in [1.29, 1.82) is 0 Å². The molecule has 2 heterocycles. The van der Waals surface area contributed by atoms with E-state index in [0.717, 1.165) is 50.9 Å². The van der Waals surface area contributed by atoms with Crippen LogP contribution in [0.5, 0.6) is 11.5 Å². The number of fused-ring (bicyclic) bond motifs is 7. The van der Waals surface area contributed by atoms with Crippen molar-refractivity contribution in [2.45, 2.75) is 19.3 Å². The van der Waals surface area contributed by atoms with Gasteiger partial charge in [0.05, 0.1) is 11.0 Å². The maximum absolute atomic E-state index is 6.76. The Morgan fingerprint density at radius 1 is 0.414 bits per heavy atom. The Morgan fingerprint density at radius 2 is 1.00 bits per heavy atom. The average Bonchev–Trinajstić information content (AvgIpc) is 3.61. The number of rotatable bonds is 6. The lowest BCUT2D eigenvalue weighted by Crippen LogP contribution is -2.24. The van der Waals surface area contributed by atoms with Gasteiger partial charge in [-0.05, 0) is 99.8 Å². The lowest BCUT2D eigenvalue weighted by molar-refractivity contribution is 0.418. The molecule has 0 unspecified atom stereocenters. The SMILES string of the molecule is CC1(C)c2ccccc2Oc2cc(N(c3cc(-c4ccccc4)cc(-c4ccccc4)c3)c3ccc4c(c3)c3c5ccccc5ccc3n4-c3ccccc3)ccc21. The second kappa shape index (κ2) is 13.4. The second-order valence-electron chi connectivity index (χ2n) is 15.8. The molecule has 11 rings (SSSR count). The number of para-hydroxylation sites is 2. The number of hydrogen-bond donors (Lipinski definition) is 0. The summed E-state index contributed by atoms with van der Waals surface area (Å²) in [6.07, 6.45) is 0. The van der Waals surface area contributed by atoms with Crippen molar-refractivity contribution in [3.05, 3.63) is 217 Å². The average molecular weight is 745 g/mol. The fourth-order valence-corrected chi connectivity index (χ4v) is 9.14. The van der Waals surface area contributed by atoms with Crippen LogP contribution in [0.1, 0.15) is 25.0 Å². The molecule has 0 aliphatic carbocycles. The Morgan fingerprint density at radius 3 is 1.74 bits per heavy atom. The Labute approximate surface area is 338 Å². The van der Waals surface area contributed by atoms with Crippen molar-refractivity contribution in [3.8, 4) is 39.4 Å². The number of aromatic nitrogens is 1. The first-order valence-electron chi connectivity index (χ1n) is 20.0. The van der Waals surface area contributed by atoms with Gasteiger partial charge < -0.3 is 14.2 Å². The van der Waals surface area contributed by atoms with E-state index in [1.165, 1.54) is 49.3 Å². The highest BCUT2D eigenvalue weighted by Gasteiger charge is 2.34. The quantitative estimate of drug-likeness (QED) is 0.169. The predicted molar refractivity (Wildman–Crippen MR) is 242 cm³/mol. The van der Waals surface area contributed by atoms with Crippen LogP contribution >= 0.6 is 0 Å². The fraction of sp³-hybridized carbons (Fsp3) is 0.0545. The molecule has 0 saturated carbocycles. The van der Waals surface area contributed by atoms with Gasteiger partial charge in [0.2, 0.25) is 0 Å². The molecule has 9 aromatic carbocycles. The van der Waals surface area contributed by atoms with Crippen molar-refractivity contribution >= 4 is 49.6 Å². The monoisotopic (exact) mass is 744 g/mol. The molecule has 1 aliphatic rings. The van der Waals surface area contributed by atoms with Crippen LogP contribution in [-0.2, 0) is 5.41 Å². The standard InChI is InChI=1S/C55H40N2O/c1-55(2)48-24-14-15-25-52(48)58-53-36-44(27-29-49(53)55)56(45-33-40(37-16-6-3-7-17-37)32-41(34-45)38-18-8-4-9-19-38)43-28-31-50-47(35-43)54-46-23-13-12-20-39(46)26-30-51(54)57(50)42-21-10-5-11-22-42/h3-36H,1-2H3. The number of hydrogen-bond acceptors (Lipinski definition) is 2. The Balaban J connectivity index is 1.20. The highest BCUT2D eigenvalue weighted by Crippen LogP contribution is 2.51. The molecule has 10 aromatic rings. The molecule has 1 aromatic heterocycles. The highest BCUT2D eigenvalue weighted by molar-refractivity contribution is 6.22. The van der Waals surface area contributed by atoms with E-state index in [1.807, 2.05) is 0 Å². The molecule has 0 fully saturated rings. The summed E-state index contributed by atoms with van der Waals surface area (Å²) in [6, 6.07) is 74.5. The van der Waals surface area contributed by atoms with Crippen molar-refractivity contribution in [2.75, 3.05) is 4.90 Å². The molecule has 3 nitrogen and oxygen atoms in total. The molecule has 0 N–H and O–H groups in total. The van der Waals surface area contributed by atoms with Crippen molar-refractivity contribution < 1.29 is 4.74 Å². The minimum Gasteiger partial charge on any atom is -0.457 e. The van der Waals surface area contributed by atoms with Crippen molar-refractivity contribution in [1.82, 2.24) is 4.57 Å². The third-order valence-electron chi connectivity index (χ3n) is 12.0. The second-order valence-corrected chi connectivity index (χ2v) is 15.8. The van der Waals surface area contributed by atoms with Crippen molar-refractivity contribution in [2.24, 2.45) is 0 Å². The molecule has 1 aliphatic heterocycles. The lowest BCUT2D eigenvalue weighted by atomic mass is 9.76. The summed E-state index contributed by atoms with van der Waals surface area (Å²) >= 11 is 0. The summed E-state index contributed by atoms with van der Waals surface area (Å²) in [5.41, 5.74) is 13.4. The third kappa shape index (κ3) is 5.50. The molecule has 276 valence electrons. The Kier molecular flexibility index (Phi) is 7.84. The maximum Gasteiger partial charge on any atom is 0.133 e. The minimum atomic E-state index is -0.222. The van der Waals surface area contributed by atoms with Gasteiger partial charge in [0, 0.05) is 56.1 Å². The normalized spacial score (nSPS) is 12.9. The maximum atomic E-state index is 6.76. The zero-order chi connectivity index (χ0) is 38.8. The first-order chi connectivity index (χ1) is 28.5. The molecule has 0 bridgehead atoms. The summed E-state index contributed by atoms with van der Waals surface area (Å²) in [5.74, 6) is 1.78. The van der Waals surface area contributed by atoms with Crippen LogP contribution in [0.2, 0.25) is 0 Å². The van der Waals surface area contributed by atoms with Crippen LogP contribution in [0.15, 0.2) is 206 Å². The molecular formula is C55H40N2O. The molecule has 58 heavy (non-hydrogen) atoms. The van der Waals surface area contributed by atoms with E-state index >= 15 is 0 Å². The van der Waals surface area contributed by atoms with Crippen LogP contribution in [-0.4, -0.2) is 4.57 Å². The predicted octanol–water partition coefficient (Wildman–Crippen LogP) is 15.2. The molecular weight excluding hydrogens is 705 g/mol. The molecule has 3 heteroatoms. The molecule has 0 radical (unpaired) electrons. The highest BCUT2D eigenvalue weighted by atomic mass is 16.5. The van der Waals surface area contributed by atoms with Gasteiger partial charge in [-0.2, -0.15) is 0 Å². The zero-order valence-corrected chi connectivity index (χ0v) is 32.4. The van der Waals surface area contributed by atoms with Gasteiger partial charge in [0.15, 0.2) is 0 Å². The van der Waals surface area contributed by atoms with Gasteiger partial charge in [0.25, 0.3) is 0 Å². The first kappa shape index (κ1) is 33.9. The largest absolute Gasteiger partial charge is 0.457 e. The van der Waals surface area contributed by atoms with Gasteiger partial charge in [-0.25, -0.2) is 0 Å². The van der Waals surface area contributed by atoms with Crippen molar-refractivity contribution in [3.63, 3.8) is 0 Å². The zero-order valence-electron chi connectivity index (χ0n) is 32.4. The van der Waals surface area contributed by atoms with Gasteiger partial charge in [-0.1, -0.05) is 147 Å². The van der Waals surface area contributed by atoms with Crippen LogP contribution < -0.4 is 9.64 Å². The minimum absolute atomic E-state index is 0.222. The summed E-state index contributed by atoms with van der Waals surface area (Å²) < 4.78 is 9.16. The summed E-state index contributed by atoms with van der Waals surface area (Å²) in [5, 5.41) is 4.91. The Hall–Kier alpha value is -7.36. The molecule has 0 saturated heterocycles. The number of anilines is 3. The Bertz CT molecular complexity index is 3110. The molecule has 0 amide bonds. The summed E-state index contributed by atoms with van der Waals surface area (Å²) in [7, 11) is 0. The smallest absolute Gasteiger partial charge is 0.133 e. The van der Waals surface area contributed by atoms with Crippen LogP contribution in [0, 0.1) is 0 Å². The van der Waals surface area contributed by atoms with Gasteiger partial charge in [0.1, 0.15) is 11.5 Å². The number of benzene rings is 9. The van der Waals surface area contributed by atoms with E-state index in [0.29, 0.717) is 0 Å². The van der Waals surface area contributed by atoms with Gasteiger partial charge >= 0.3 is 0 Å². The summed E-state index contributed by atoms with van der Waals surface area (Å²) in [4.78, 5) is 2.41. The van der Waals surface area contributed by atoms with E-state index in [2.05, 4.69) is 230 Å². The van der Waals surface area contributed by atoms with E-state index in [1.54, 1.807) is 0 Å². The van der Waals surface area contributed by atoms with E-state index < -0.39 is 0 Å². The van der Waals surface area contributed by atoms with Gasteiger partial charge in [-0.3, -0.25) is 0 Å². The topological polar surface area (TPSA) is 17.4 Å². The fourth-order valence-electron chi connectivity index (χ4n) is 9.14. The van der Waals surface area contributed by atoms with Crippen LogP contribution in [0.4, 0.5) is 17.1 Å². The molecule has 0 spiro atoms. The van der Waals surface area contributed by atoms with E-state index in [4.69, 9.17) is 4.74 Å². The van der Waals surface area contributed by atoms with Crippen LogP contribution in [0.3, 0.4) is 0 Å². The third-order valence-corrected chi connectivity index (χ3v) is 12.0. The molecule has 0 atom stereocenters.